The second-order valence-corrected chi connectivity index (χ2v) is 5.68. The maximum absolute atomic E-state index is 13.5. The minimum Gasteiger partial charge on any atom is -0.341 e. The summed E-state index contributed by atoms with van der Waals surface area (Å²) >= 11 is 0. The molecule has 0 saturated heterocycles. The molecule has 2 aromatic carbocycles. The Morgan fingerprint density at radius 3 is 2.70 bits per heavy atom. The van der Waals surface area contributed by atoms with Crippen LogP contribution >= 0.6 is 0 Å². The van der Waals surface area contributed by atoms with Gasteiger partial charge in [-0.1, -0.05) is 30.3 Å². The predicted octanol–water partition coefficient (Wildman–Crippen LogP) is 2.88. The Labute approximate surface area is 133 Å². The van der Waals surface area contributed by atoms with Crippen LogP contribution in [0.5, 0.6) is 0 Å². The zero-order chi connectivity index (χ0) is 16.4. The fraction of sp³-hybridized carbons (Fsp3) is 0.222. The second kappa shape index (κ2) is 6.20. The van der Waals surface area contributed by atoms with Crippen molar-refractivity contribution < 1.29 is 14.0 Å². The van der Waals surface area contributed by atoms with E-state index in [-0.39, 0.29) is 11.7 Å². The van der Waals surface area contributed by atoms with Gasteiger partial charge in [-0.2, -0.15) is 0 Å². The molecule has 0 spiro atoms. The number of carbonyl (C=O) groups is 2. The summed E-state index contributed by atoms with van der Waals surface area (Å²) in [6, 6.07) is 12.0. The highest BCUT2D eigenvalue weighted by molar-refractivity contribution is 6.39. The number of hydrogen-bond donors (Lipinski definition) is 2. The van der Waals surface area contributed by atoms with Crippen molar-refractivity contribution in [3.05, 3.63) is 65.0 Å². The molecule has 2 amide bonds. The first-order valence-electron chi connectivity index (χ1n) is 7.50. The lowest BCUT2D eigenvalue weighted by atomic mass is 10.1. The monoisotopic (exact) mass is 312 g/mol. The van der Waals surface area contributed by atoms with Crippen LogP contribution in [-0.2, 0) is 16.0 Å². The van der Waals surface area contributed by atoms with Crippen LogP contribution in [0.1, 0.15) is 29.2 Å². The van der Waals surface area contributed by atoms with E-state index in [4.69, 9.17) is 0 Å². The summed E-state index contributed by atoms with van der Waals surface area (Å²) in [4.78, 5) is 24.0. The molecule has 5 heteroatoms. The highest BCUT2D eigenvalue weighted by Gasteiger charge is 2.25. The summed E-state index contributed by atoms with van der Waals surface area (Å²) in [5, 5.41) is 5.15. The molecule has 118 valence electrons. The first kappa shape index (κ1) is 15.2. The van der Waals surface area contributed by atoms with Gasteiger partial charge in [0.2, 0.25) is 0 Å². The Morgan fingerprint density at radius 1 is 1.13 bits per heavy atom. The lowest BCUT2D eigenvalue weighted by Crippen LogP contribution is -2.37. The number of aryl methyl sites for hydroxylation is 2. The van der Waals surface area contributed by atoms with Crippen LogP contribution in [0, 0.1) is 12.7 Å². The Balaban J connectivity index is 1.64. The van der Waals surface area contributed by atoms with E-state index in [0.717, 1.165) is 18.4 Å². The molecule has 0 bridgehead atoms. The SMILES string of the molecule is Cc1ccc(NC(=O)C(=O)NC2CCc3ccccc32)cc1F. The number of halogens is 1. The Kier molecular flexibility index (Phi) is 4.10. The largest absolute Gasteiger partial charge is 0.341 e. The molecule has 1 aliphatic carbocycles. The van der Waals surface area contributed by atoms with Crippen molar-refractivity contribution in [2.45, 2.75) is 25.8 Å². The first-order chi connectivity index (χ1) is 11.0. The maximum atomic E-state index is 13.5. The lowest BCUT2D eigenvalue weighted by molar-refractivity contribution is -0.136. The van der Waals surface area contributed by atoms with Crippen LogP contribution in [0.3, 0.4) is 0 Å². The maximum Gasteiger partial charge on any atom is 0.313 e. The van der Waals surface area contributed by atoms with Crippen molar-refractivity contribution in [2.75, 3.05) is 5.32 Å². The number of amides is 2. The fourth-order valence-electron chi connectivity index (χ4n) is 2.79. The van der Waals surface area contributed by atoms with E-state index in [9.17, 15) is 14.0 Å². The minimum absolute atomic E-state index is 0.154. The molecule has 0 aliphatic heterocycles. The van der Waals surface area contributed by atoms with Gasteiger partial charge in [-0.15, -0.1) is 0 Å². The van der Waals surface area contributed by atoms with Crippen molar-refractivity contribution in [3.8, 4) is 0 Å². The average molecular weight is 312 g/mol. The summed E-state index contributed by atoms with van der Waals surface area (Å²) in [5.41, 5.74) is 2.99. The summed E-state index contributed by atoms with van der Waals surface area (Å²) in [7, 11) is 0. The van der Waals surface area contributed by atoms with E-state index in [0.29, 0.717) is 5.56 Å². The number of fused-ring (bicyclic) bond motifs is 1. The van der Waals surface area contributed by atoms with Crippen molar-refractivity contribution >= 4 is 17.5 Å². The van der Waals surface area contributed by atoms with Crippen LogP contribution in [0.2, 0.25) is 0 Å². The summed E-state index contributed by atoms with van der Waals surface area (Å²) in [6.45, 7) is 1.63. The third kappa shape index (κ3) is 3.23. The molecule has 0 heterocycles. The summed E-state index contributed by atoms with van der Waals surface area (Å²) in [5.74, 6) is -1.93. The molecule has 1 atom stereocenters. The normalized spacial score (nSPS) is 15.8. The highest BCUT2D eigenvalue weighted by atomic mass is 19.1. The van der Waals surface area contributed by atoms with E-state index >= 15 is 0 Å². The van der Waals surface area contributed by atoms with Gasteiger partial charge in [0.05, 0.1) is 6.04 Å². The average Bonchev–Trinajstić information content (AvgIpc) is 2.94. The molecule has 0 radical (unpaired) electrons. The van der Waals surface area contributed by atoms with Crippen LogP contribution in [0.25, 0.3) is 0 Å². The van der Waals surface area contributed by atoms with Crippen molar-refractivity contribution in [2.24, 2.45) is 0 Å². The van der Waals surface area contributed by atoms with E-state index in [1.54, 1.807) is 19.1 Å². The topological polar surface area (TPSA) is 58.2 Å². The number of nitrogens with one attached hydrogen (secondary N) is 2. The molecule has 1 unspecified atom stereocenters. The van der Waals surface area contributed by atoms with Gasteiger partial charge in [0.15, 0.2) is 0 Å². The smallest absolute Gasteiger partial charge is 0.313 e. The van der Waals surface area contributed by atoms with Crippen molar-refractivity contribution in [1.82, 2.24) is 5.32 Å². The van der Waals surface area contributed by atoms with Crippen LogP contribution in [0.15, 0.2) is 42.5 Å². The van der Waals surface area contributed by atoms with E-state index in [1.165, 1.54) is 11.6 Å². The molecule has 0 fully saturated rings. The molecule has 0 saturated carbocycles. The van der Waals surface area contributed by atoms with E-state index < -0.39 is 17.6 Å². The Morgan fingerprint density at radius 2 is 1.91 bits per heavy atom. The third-order valence-electron chi connectivity index (χ3n) is 4.07. The molecular formula is C18H17FN2O2. The lowest BCUT2D eigenvalue weighted by Gasteiger charge is -2.14. The summed E-state index contributed by atoms with van der Waals surface area (Å²) < 4.78 is 13.5. The minimum atomic E-state index is -0.794. The predicted molar refractivity (Wildman–Crippen MR) is 85.4 cm³/mol. The van der Waals surface area contributed by atoms with Gasteiger partial charge in [0.1, 0.15) is 5.82 Å². The van der Waals surface area contributed by atoms with E-state index in [1.807, 2.05) is 24.3 Å². The molecule has 0 aromatic heterocycles. The van der Waals surface area contributed by atoms with Gasteiger partial charge in [-0.05, 0) is 48.6 Å². The van der Waals surface area contributed by atoms with Gasteiger partial charge in [-0.25, -0.2) is 4.39 Å². The quantitative estimate of drug-likeness (QED) is 0.838. The molecule has 23 heavy (non-hydrogen) atoms. The molecule has 2 N–H and O–H groups in total. The van der Waals surface area contributed by atoms with Gasteiger partial charge in [0, 0.05) is 5.69 Å². The Bertz CT molecular complexity index is 773. The van der Waals surface area contributed by atoms with Crippen LogP contribution < -0.4 is 10.6 Å². The number of hydrogen-bond acceptors (Lipinski definition) is 2. The van der Waals surface area contributed by atoms with Gasteiger partial charge < -0.3 is 10.6 Å². The van der Waals surface area contributed by atoms with Crippen molar-refractivity contribution in [3.63, 3.8) is 0 Å². The third-order valence-corrected chi connectivity index (χ3v) is 4.07. The zero-order valence-corrected chi connectivity index (χ0v) is 12.7. The number of benzene rings is 2. The van der Waals surface area contributed by atoms with Crippen LogP contribution in [-0.4, -0.2) is 11.8 Å². The van der Waals surface area contributed by atoms with Gasteiger partial charge in [0.25, 0.3) is 0 Å². The number of carbonyl (C=O) groups excluding carboxylic acids is 2. The van der Waals surface area contributed by atoms with Crippen LogP contribution in [0.4, 0.5) is 10.1 Å². The number of anilines is 1. The molecular weight excluding hydrogens is 295 g/mol. The number of rotatable bonds is 2. The molecule has 2 aromatic rings. The van der Waals surface area contributed by atoms with Gasteiger partial charge in [-0.3, -0.25) is 9.59 Å². The fourth-order valence-corrected chi connectivity index (χ4v) is 2.79. The first-order valence-corrected chi connectivity index (χ1v) is 7.50. The highest BCUT2D eigenvalue weighted by Crippen LogP contribution is 2.30. The summed E-state index contributed by atoms with van der Waals surface area (Å²) in [6.07, 6.45) is 1.66. The molecule has 3 rings (SSSR count). The van der Waals surface area contributed by atoms with E-state index in [2.05, 4.69) is 10.6 Å². The Hall–Kier alpha value is -2.69. The zero-order valence-electron chi connectivity index (χ0n) is 12.7. The second-order valence-electron chi connectivity index (χ2n) is 5.68. The molecule has 1 aliphatic rings. The van der Waals surface area contributed by atoms with Gasteiger partial charge >= 0.3 is 11.8 Å². The molecule has 4 nitrogen and oxygen atoms in total. The standard InChI is InChI=1S/C18H17FN2O2/c1-11-6-8-13(10-15(11)19)20-17(22)18(23)21-16-9-7-12-4-2-3-5-14(12)16/h2-6,8,10,16H,7,9H2,1H3,(H,20,22)(H,21,23). The van der Waals surface area contributed by atoms with Crippen molar-refractivity contribution in [1.29, 1.82) is 0 Å².